The van der Waals surface area contributed by atoms with Crippen LogP contribution < -0.4 is 5.73 Å². The first-order chi connectivity index (χ1) is 5.13. The van der Waals surface area contributed by atoms with Crippen LogP contribution in [0.15, 0.2) is 18.2 Å². The first kappa shape index (κ1) is 11.9. The van der Waals surface area contributed by atoms with E-state index in [2.05, 4.69) is 0 Å². The number of benzene rings is 1. The van der Waals surface area contributed by atoms with Crippen LogP contribution in [0.4, 0.5) is 0 Å². The van der Waals surface area contributed by atoms with E-state index >= 15 is 0 Å². The largest absolute Gasteiger partial charge is 0.366 e. The third-order valence-electron chi connectivity index (χ3n) is 1.21. The molecule has 1 aromatic carbocycles. The van der Waals surface area contributed by atoms with Gasteiger partial charge in [-0.3, -0.25) is 4.79 Å². The molecule has 67 valence electrons. The summed E-state index contributed by atoms with van der Waals surface area (Å²) in [6.45, 7) is 0. The molecule has 1 radical (unpaired) electrons. The molecule has 0 aliphatic heterocycles. The molecule has 1 aromatic rings. The van der Waals surface area contributed by atoms with Crippen LogP contribution in [0.3, 0.4) is 0 Å². The average Bonchev–Trinajstić information content (AvgIpc) is 1.85. The van der Waals surface area contributed by atoms with Crippen molar-refractivity contribution in [3.63, 3.8) is 0 Å². The second-order valence-electron chi connectivity index (χ2n) is 1.96. The Bertz CT molecular complexity index is 283. The minimum absolute atomic E-state index is 0. The Labute approximate surface area is 92.8 Å². The van der Waals surface area contributed by atoms with Gasteiger partial charge in [-0.05, 0) is 12.1 Å². The van der Waals surface area contributed by atoms with Crippen molar-refractivity contribution >= 4 is 29.1 Å². The van der Waals surface area contributed by atoms with Gasteiger partial charge in [0.05, 0.1) is 15.6 Å². The van der Waals surface area contributed by atoms with Gasteiger partial charge in [-0.15, -0.1) is 0 Å². The minimum atomic E-state index is -0.611. The van der Waals surface area contributed by atoms with Gasteiger partial charge < -0.3 is 5.73 Å². The van der Waals surface area contributed by atoms with E-state index in [0.717, 1.165) is 0 Å². The van der Waals surface area contributed by atoms with Crippen molar-refractivity contribution in [3.05, 3.63) is 33.8 Å². The Morgan fingerprint density at radius 1 is 1.25 bits per heavy atom. The van der Waals surface area contributed by atoms with Crippen LogP contribution in [0.1, 0.15) is 10.4 Å². The Morgan fingerprint density at radius 2 is 1.67 bits per heavy atom. The zero-order chi connectivity index (χ0) is 8.43. The molecule has 1 amide bonds. The number of hydrogen-bond acceptors (Lipinski definition) is 1. The number of primary amides is 1. The van der Waals surface area contributed by atoms with Crippen LogP contribution in [0, 0.1) is 0 Å². The molecule has 0 bridgehead atoms. The predicted octanol–water partition coefficient (Wildman–Crippen LogP) is 2.09. The molecule has 0 fully saturated rings. The molecule has 0 atom stereocenters. The molecule has 0 heterocycles. The Balaban J connectivity index is 0.00000121. The third-order valence-corrected chi connectivity index (χ3v) is 1.84. The van der Waals surface area contributed by atoms with Gasteiger partial charge in [-0.25, -0.2) is 0 Å². The summed E-state index contributed by atoms with van der Waals surface area (Å²) in [5, 5.41) is 0.565. The fourth-order valence-corrected chi connectivity index (χ4v) is 1.32. The van der Waals surface area contributed by atoms with Crippen LogP contribution in [0.25, 0.3) is 0 Å². The SMILES string of the molecule is NC(=O)c1c(Cl)cccc1Cl.[Rh]. The standard InChI is InChI=1S/C7H5Cl2NO.Rh/c8-4-2-1-3-5(9)6(4)7(10)11;/h1-3H,(H2,10,11);. The van der Waals surface area contributed by atoms with E-state index in [0.29, 0.717) is 0 Å². The molecule has 0 saturated heterocycles. The fraction of sp³-hybridized carbons (Fsp3) is 0. The Kier molecular flexibility index (Phi) is 4.76. The van der Waals surface area contributed by atoms with E-state index in [1.54, 1.807) is 18.2 Å². The van der Waals surface area contributed by atoms with Crippen molar-refractivity contribution < 1.29 is 24.3 Å². The average molecular weight is 293 g/mol. The zero-order valence-electron chi connectivity index (χ0n) is 5.81. The molecular formula is C7H5Cl2NORh. The summed E-state index contributed by atoms with van der Waals surface area (Å²) >= 11 is 11.3. The molecule has 0 unspecified atom stereocenters. The summed E-state index contributed by atoms with van der Waals surface area (Å²) in [6, 6.07) is 4.78. The first-order valence-electron chi connectivity index (χ1n) is 2.86. The third kappa shape index (κ3) is 2.44. The van der Waals surface area contributed by atoms with E-state index < -0.39 is 5.91 Å². The minimum Gasteiger partial charge on any atom is -0.366 e. The van der Waals surface area contributed by atoms with Crippen molar-refractivity contribution in [1.82, 2.24) is 0 Å². The summed E-state index contributed by atoms with van der Waals surface area (Å²) in [7, 11) is 0. The van der Waals surface area contributed by atoms with Gasteiger partial charge >= 0.3 is 0 Å². The number of rotatable bonds is 1. The smallest absolute Gasteiger partial charge is 0.251 e. The Hall–Kier alpha value is -0.107. The molecule has 2 nitrogen and oxygen atoms in total. The van der Waals surface area contributed by atoms with Crippen LogP contribution in [0.2, 0.25) is 10.0 Å². The molecule has 2 N–H and O–H groups in total. The van der Waals surface area contributed by atoms with Crippen molar-refractivity contribution in [2.24, 2.45) is 5.73 Å². The van der Waals surface area contributed by atoms with Gasteiger partial charge in [0.15, 0.2) is 0 Å². The number of amides is 1. The number of nitrogens with two attached hydrogens (primary N) is 1. The van der Waals surface area contributed by atoms with Crippen molar-refractivity contribution in [2.75, 3.05) is 0 Å². The molecule has 12 heavy (non-hydrogen) atoms. The quantitative estimate of drug-likeness (QED) is 0.792. The van der Waals surface area contributed by atoms with Crippen LogP contribution in [0.5, 0.6) is 0 Å². The van der Waals surface area contributed by atoms with E-state index in [4.69, 9.17) is 28.9 Å². The van der Waals surface area contributed by atoms with Crippen LogP contribution in [-0.4, -0.2) is 5.91 Å². The van der Waals surface area contributed by atoms with E-state index in [1.165, 1.54) is 0 Å². The maximum Gasteiger partial charge on any atom is 0.251 e. The van der Waals surface area contributed by atoms with Gasteiger partial charge in [-0.2, -0.15) is 0 Å². The fourth-order valence-electron chi connectivity index (χ4n) is 0.733. The molecular weight excluding hydrogens is 288 g/mol. The molecule has 0 aliphatic carbocycles. The summed E-state index contributed by atoms with van der Waals surface area (Å²) < 4.78 is 0. The summed E-state index contributed by atoms with van der Waals surface area (Å²) in [4.78, 5) is 10.7. The molecule has 0 aromatic heterocycles. The van der Waals surface area contributed by atoms with Crippen LogP contribution >= 0.6 is 23.2 Å². The maximum atomic E-state index is 10.7. The molecule has 1 rings (SSSR count). The normalized spacial score (nSPS) is 8.83. The van der Waals surface area contributed by atoms with E-state index in [1.807, 2.05) is 0 Å². The number of hydrogen-bond donors (Lipinski definition) is 1. The number of carbonyl (C=O) groups is 1. The second kappa shape index (κ2) is 4.81. The first-order valence-corrected chi connectivity index (χ1v) is 3.62. The topological polar surface area (TPSA) is 43.1 Å². The molecule has 5 heteroatoms. The summed E-state index contributed by atoms with van der Waals surface area (Å²) in [5.41, 5.74) is 5.18. The number of carbonyl (C=O) groups excluding carboxylic acids is 1. The summed E-state index contributed by atoms with van der Waals surface area (Å²) in [5.74, 6) is -0.611. The van der Waals surface area contributed by atoms with Crippen molar-refractivity contribution in [1.29, 1.82) is 0 Å². The molecule has 0 spiro atoms. The zero-order valence-corrected chi connectivity index (χ0v) is 8.96. The van der Waals surface area contributed by atoms with Gasteiger partial charge in [-0.1, -0.05) is 29.3 Å². The van der Waals surface area contributed by atoms with Gasteiger partial charge in [0, 0.05) is 19.5 Å². The van der Waals surface area contributed by atoms with Crippen molar-refractivity contribution in [3.8, 4) is 0 Å². The maximum absolute atomic E-state index is 10.7. The van der Waals surface area contributed by atoms with Gasteiger partial charge in [0.25, 0.3) is 5.91 Å². The van der Waals surface area contributed by atoms with Crippen LogP contribution in [-0.2, 0) is 19.5 Å². The summed E-state index contributed by atoms with van der Waals surface area (Å²) in [6.07, 6.45) is 0. The van der Waals surface area contributed by atoms with Gasteiger partial charge in [0.2, 0.25) is 0 Å². The second-order valence-corrected chi connectivity index (χ2v) is 2.78. The number of halogens is 2. The van der Waals surface area contributed by atoms with E-state index in [9.17, 15) is 4.79 Å². The van der Waals surface area contributed by atoms with Gasteiger partial charge in [0.1, 0.15) is 0 Å². The monoisotopic (exact) mass is 292 g/mol. The molecule has 0 saturated carbocycles. The Morgan fingerprint density at radius 3 is 1.92 bits per heavy atom. The molecule has 0 aliphatic rings. The predicted molar refractivity (Wildman–Crippen MR) is 45.0 cm³/mol. The van der Waals surface area contributed by atoms with Crippen molar-refractivity contribution in [2.45, 2.75) is 0 Å². The van der Waals surface area contributed by atoms with E-state index in [-0.39, 0.29) is 35.1 Å².